The molecule has 7 heteroatoms. The summed E-state index contributed by atoms with van der Waals surface area (Å²) in [6.07, 6.45) is 0.885. The minimum absolute atomic E-state index is 0.0116. The number of amides is 2. The molecule has 1 aromatic carbocycles. The molecular formula is C16H23Cl2N3O2. The van der Waals surface area contributed by atoms with E-state index in [9.17, 15) is 4.79 Å². The Hall–Kier alpha value is -1.01. The molecule has 1 aromatic rings. The fraction of sp³-hybridized carbons (Fsp3) is 0.562. The highest BCUT2D eigenvalue weighted by Crippen LogP contribution is 2.21. The zero-order valence-electron chi connectivity index (χ0n) is 13.4. The highest BCUT2D eigenvalue weighted by atomic mass is 35.5. The number of methoxy groups -OCH3 is 1. The van der Waals surface area contributed by atoms with Crippen LogP contribution in [0.2, 0.25) is 10.0 Å². The Labute approximate surface area is 147 Å². The van der Waals surface area contributed by atoms with Crippen LogP contribution < -0.4 is 5.32 Å². The van der Waals surface area contributed by atoms with Gasteiger partial charge in [0.1, 0.15) is 0 Å². The second kappa shape index (κ2) is 9.33. The van der Waals surface area contributed by atoms with Crippen molar-refractivity contribution < 1.29 is 9.53 Å². The molecule has 5 nitrogen and oxygen atoms in total. The van der Waals surface area contributed by atoms with Crippen LogP contribution in [0.5, 0.6) is 0 Å². The number of hydrogen-bond acceptors (Lipinski definition) is 3. The molecule has 2 amide bonds. The first-order valence-electron chi connectivity index (χ1n) is 7.78. The normalized spacial score (nSPS) is 15.7. The van der Waals surface area contributed by atoms with Crippen LogP contribution in [-0.4, -0.2) is 68.8 Å². The van der Waals surface area contributed by atoms with Gasteiger partial charge in [0.15, 0.2) is 0 Å². The highest BCUT2D eigenvalue weighted by Gasteiger charge is 2.20. The molecule has 0 aliphatic carbocycles. The van der Waals surface area contributed by atoms with Crippen molar-refractivity contribution in [2.24, 2.45) is 0 Å². The topological polar surface area (TPSA) is 44.8 Å². The number of carbonyl (C=O) groups excluding carboxylic acids is 1. The lowest BCUT2D eigenvalue weighted by molar-refractivity contribution is 0.136. The molecule has 0 saturated carbocycles. The second-order valence-electron chi connectivity index (χ2n) is 5.54. The summed E-state index contributed by atoms with van der Waals surface area (Å²) in [5, 5.41) is 4.23. The highest BCUT2D eigenvalue weighted by molar-refractivity contribution is 6.35. The molecule has 128 valence electrons. The number of rotatable bonds is 6. The smallest absolute Gasteiger partial charge is 0.317 e. The predicted octanol–water partition coefficient (Wildman–Crippen LogP) is 2.51. The van der Waals surface area contributed by atoms with Crippen LogP contribution in [0, 0.1) is 0 Å². The number of hydrogen-bond donors (Lipinski definition) is 1. The molecule has 0 aromatic heterocycles. The van der Waals surface area contributed by atoms with Gasteiger partial charge in [0.05, 0.1) is 6.61 Å². The number of nitrogens with one attached hydrogen (secondary N) is 1. The Bertz CT molecular complexity index is 520. The number of benzene rings is 1. The van der Waals surface area contributed by atoms with Crippen LogP contribution in [0.3, 0.4) is 0 Å². The monoisotopic (exact) mass is 359 g/mol. The van der Waals surface area contributed by atoms with Gasteiger partial charge in [-0.1, -0.05) is 29.3 Å². The fourth-order valence-electron chi connectivity index (χ4n) is 2.55. The lowest BCUT2D eigenvalue weighted by atomic mass is 10.1. The largest absolute Gasteiger partial charge is 0.383 e. The standard InChI is InChI=1S/C16H23Cl2N3O2/c1-23-11-5-19-16(22)21-9-7-20(8-10-21)6-4-13-2-3-14(17)12-15(13)18/h2-3,12H,4-11H2,1H3,(H,19,22). The van der Waals surface area contributed by atoms with Gasteiger partial charge in [0, 0.05) is 56.4 Å². The SMILES string of the molecule is COCCNC(=O)N1CCN(CCc2ccc(Cl)cc2Cl)CC1. The molecular weight excluding hydrogens is 337 g/mol. The fourth-order valence-corrected chi connectivity index (χ4v) is 3.05. The molecule has 0 radical (unpaired) electrons. The third-order valence-electron chi connectivity index (χ3n) is 3.95. The zero-order chi connectivity index (χ0) is 16.7. The van der Waals surface area contributed by atoms with E-state index in [4.69, 9.17) is 27.9 Å². The number of nitrogens with zero attached hydrogens (tertiary/aromatic N) is 2. The van der Waals surface area contributed by atoms with Crippen LogP contribution >= 0.6 is 23.2 Å². The van der Waals surface area contributed by atoms with Crippen molar-refractivity contribution in [3.05, 3.63) is 33.8 Å². The predicted molar refractivity (Wildman–Crippen MR) is 93.5 cm³/mol. The van der Waals surface area contributed by atoms with Gasteiger partial charge < -0.3 is 15.0 Å². The summed E-state index contributed by atoms with van der Waals surface area (Å²) in [5.74, 6) is 0. The van der Waals surface area contributed by atoms with Crippen molar-refractivity contribution in [1.29, 1.82) is 0 Å². The molecule has 0 bridgehead atoms. The minimum Gasteiger partial charge on any atom is -0.383 e. The van der Waals surface area contributed by atoms with Crippen LogP contribution in [0.4, 0.5) is 4.79 Å². The van der Waals surface area contributed by atoms with E-state index in [1.54, 1.807) is 13.2 Å². The summed E-state index contributed by atoms with van der Waals surface area (Å²) in [6.45, 7) is 5.25. The van der Waals surface area contributed by atoms with Crippen molar-refractivity contribution in [3.8, 4) is 0 Å². The van der Waals surface area contributed by atoms with Crippen molar-refractivity contribution in [2.45, 2.75) is 6.42 Å². The number of urea groups is 1. The Morgan fingerprint density at radius 2 is 2.00 bits per heavy atom. The quantitative estimate of drug-likeness (QED) is 0.793. The first kappa shape index (κ1) is 18.3. The van der Waals surface area contributed by atoms with Crippen molar-refractivity contribution in [1.82, 2.24) is 15.1 Å². The van der Waals surface area contributed by atoms with Gasteiger partial charge in [0.25, 0.3) is 0 Å². The van der Waals surface area contributed by atoms with E-state index in [1.165, 1.54) is 0 Å². The molecule has 1 aliphatic rings. The summed E-state index contributed by atoms with van der Waals surface area (Å²) in [7, 11) is 1.62. The Kier molecular flexibility index (Phi) is 7.43. The van der Waals surface area contributed by atoms with Gasteiger partial charge in [-0.25, -0.2) is 4.79 Å². The van der Waals surface area contributed by atoms with Gasteiger partial charge in [-0.2, -0.15) is 0 Å². The summed E-state index contributed by atoms with van der Waals surface area (Å²) in [4.78, 5) is 16.1. The molecule has 0 spiro atoms. The molecule has 1 saturated heterocycles. The maximum absolute atomic E-state index is 11.9. The van der Waals surface area contributed by atoms with Gasteiger partial charge in [-0.15, -0.1) is 0 Å². The Morgan fingerprint density at radius 1 is 1.26 bits per heavy atom. The maximum Gasteiger partial charge on any atom is 0.317 e. The molecule has 0 atom stereocenters. The second-order valence-corrected chi connectivity index (χ2v) is 6.38. The van der Waals surface area contributed by atoms with Crippen LogP contribution in [0.15, 0.2) is 18.2 Å². The van der Waals surface area contributed by atoms with Gasteiger partial charge in [0.2, 0.25) is 0 Å². The number of ether oxygens (including phenoxy) is 1. The first-order valence-corrected chi connectivity index (χ1v) is 8.53. The lowest BCUT2D eigenvalue weighted by Gasteiger charge is -2.34. The van der Waals surface area contributed by atoms with E-state index in [0.717, 1.165) is 44.7 Å². The Morgan fingerprint density at radius 3 is 2.65 bits per heavy atom. The molecule has 1 N–H and O–H groups in total. The van der Waals surface area contributed by atoms with Crippen molar-refractivity contribution in [2.75, 3.05) is 53.0 Å². The zero-order valence-corrected chi connectivity index (χ0v) is 14.9. The third kappa shape index (κ3) is 5.84. The van der Waals surface area contributed by atoms with Crippen molar-refractivity contribution >= 4 is 29.2 Å². The van der Waals surface area contributed by atoms with E-state index in [1.807, 2.05) is 17.0 Å². The summed E-state index contributed by atoms with van der Waals surface area (Å²) < 4.78 is 4.93. The van der Waals surface area contributed by atoms with Crippen LogP contribution in [-0.2, 0) is 11.2 Å². The van der Waals surface area contributed by atoms with Gasteiger partial charge in [-0.05, 0) is 24.1 Å². The summed E-state index contributed by atoms with van der Waals surface area (Å²) >= 11 is 12.1. The summed E-state index contributed by atoms with van der Waals surface area (Å²) in [5.41, 5.74) is 1.11. The minimum atomic E-state index is -0.0116. The average Bonchev–Trinajstić information content (AvgIpc) is 2.55. The van der Waals surface area contributed by atoms with E-state index < -0.39 is 0 Å². The van der Waals surface area contributed by atoms with Gasteiger partial charge in [-0.3, -0.25) is 4.90 Å². The van der Waals surface area contributed by atoms with E-state index >= 15 is 0 Å². The number of halogens is 2. The molecule has 23 heavy (non-hydrogen) atoms. The average molecular weight is 360 g/mol. The van der Waals surface area contributed by atoms with Crippen molar-refractivity contribution in [3.63, 3.8) is 0 Å². The van der Waals surface area contributed by atoms with Crippen LogP contribution in [0.25, 0.3) is 0 Å². The molecule has 1 aliphatic heterocycles. The molecule has 1 fully saturated rings. The van der Waals surface area contributed by atoms with E-state index in [2.05, 4.69) is 10.2 Å². The van der Waals surface area contributed by atoms with E-state index in [0.29, 0.717) is 23.2 Å². The van der Waals surface area contributed by atoms with Crippen LogP contribution in [0.1, 0.15) is 5.56 Å². The maximum atomic E-state index is 11.9. The molecule has 2 rings (SSSR count). The van der Waals surface area contributed by atoms with E-state index in [-0.39, 0.29) is 6.03 Å². The lowest BCUT2D eigenvalue weighted by Crippen LogP contribution is -2.52. The number of carbonyl (C=O) groups is 1. The molecule has 0 unspecified atom stereocenters. The Balaban J connectivity index is 1.71. The summed E-state index contributed by atoms with van der Waals surface area (Å²) in [6, 6.07) is 5.61. The van der Waals surface area contributed by atoms with Gasteiger partial charge >= 0.3 is 6.03 Å². The number of piperazine rings is 1. The molecule has 1 heterocycles. The first-order chi connectivity index (χ1) is 11.1. The third-order valence-corrected chi connectivity index (χ3v) is 4.54.